The lowest BCUT2D eigenvalue weighted by atomic mass is 9.99. The third-order valence-electron chi connectivity index (χ3n) is 3.63. The Balaban J connectivity index is 2.00. The zero-order chi connectivity index (χ0) is 13.4. The number of hydrogen-bond acceptors (Lipinski definition) is 2. The Kier molecular flexibility index (Phi) is 2.94. The first-order chi connectivity index (χ1) is 9.15. The molecular formula is C17H19NO. The van der Waals surface area contributed by atoms with Crippen LogP contribution < -0.4 is 10.1 Å². The molecule has 2 nitrogen and oxygen atoms in total. The molecule has 1 heterocycles. The summed E-state index contributed by atoms with van der Waals surface area (Å²) in [5.74, 6) is 0.984. The van der Waals surface area contributed by atoms with Gasteiger partial charge in [-0.15, -0.1) is 0 Å². The van der Waals surface area contributed by atoms with Gasteiger partial charge in [-0.05, 0) is 43.5 Å². The smallest absolute Gasteiger partial charge is 0.146 e. The van der Waals surface area contributed by atoms with Gasteiger partial charge in [-0.3, -0.25) is 0 Å². The number of anilines is 1. The predicted molar refractivity (Wildman–Crippen MR) is 78.8 cm³/mol. The molecule has 0 radical (unpaired) electrons. The van der Waals surface area contributed by atoms with Crippen LogP contribution >= 0.6 is 0 Å². The van der Waals surface area contributed by atoms with Crippen molar-refractivity contribution < 1.29 is 4.74 Å². The molecule has 2 heteroatoms. The summed E-state index contributed by atoms with van der Waals surface area (Å²) in [7, 11) is 0. The average molecular weight is 253 g/mol. The molecule has 0 spiro atoms. The van der Waals surface area contributed by atoms with Crippen molar-refractivity contribution in [2.45, 2.75) is 32.9 Å². The van der Waals surface area contributed by atoms with Crippen LogP contribution in [0, 0.1) is 13.8 Å². The lowest BCUT2D eigenvalue weighted by molar-refractivity contribution is 0.176. The maximum absolute atomic E-state index is 6.25. The highest BCUT2D eigenvalue weighted by Crippen LogP contribution is 2.40. The van der Waals surface area contributed by atoms with Gasteiger partial charge in [0, 0.05) is 0 Å². The molecule has 2 unspecified atom stereocenters. The Bertz CT molecular complexity index is 592. The van der Waals surface area contributed by atoms with Crippen LogP contribution in [-0.4, -0.2) is 6.04 Å². The van der Waals surface area contributed by atoms with Crippen molar-refractivity contribution in [2.24, 2.45) is 0 Å². The summed E-state index contributed by atoms with van der Waals surface area (Å²) in [6, 6.07) is 15.0. The molecule has 0 saturated carbocycles. The van der Waals surface area contributed by atoms with E-state index in [1.807, 2.05) is 6.07 Å². The summed E-state index contributed by atoms with van der Waals surface area (Å²) in [4.78, 5) is 0. The minimum Gasteiger partial charge on any atom is -0.481 e. The van der Waals surface area contributed by atoms with Gasteiger partial charge >= 0.3 is 0 Å². The molecule has 0 aliphatic carbocycles. The number of fused-ring (bicyclic) bond motifs is 1. The number of benzene rings is 2. The molecule has 1 aliphatic heterocycles. The fourth-order valence-corrected chi connectivity index (χ4v) is 2.77. The van der Waals surface area contributed by atoms with Gasteiger partial charge in [-0.1, -0.05) is 36.4 Å². The van der Waals surface area contributed by atoms with Crippen LogP contribution in [-0.2, 0) is 0 Å². The Hall–Kier alpha value is -1.96. The van der Waals surface area contributed by atoms with Crippen LogP contribution in [0.25, 0.3) is 0 Å². The molecule has 1 aliphatic rings. The van der Waals surface area contributed by atoms with E-state index in [9.17, 15) is 0 Å². The van der Waals surface area contributed by atoms with Gasteiger partial charge in [-0.2, -0.15) is 0 Å². The van der Waals surface area contributed by atoms with Crippen LogP contribution in [0.5, 0.6) is 5.75 Å². The fourth-order valence-electron chi connectivity index (χ4n) is 2.77. The van der Waals surface area contributed by atoms with E-state index in [1.165, 1.54) is 16.7 Å². The fraction of sp³-hybridized carbons (Fsp3) is 0.294. The van der Waals surface area contributed by atoms with Crippen LogP contribution in [0.1, 0.15) is 29.7 Å². The number of rotatable bonds is 1. The van der Waals surface area contributed by atoms with Crippen molar-refractivity contribution in [1.29, 1.82) is 0 Å². The van der Waals surface area contributed by atoms with Gasteiger partial charge in [0.25, 0.3) is 0 Å². The van der Waals surface area contributed by atoms with Crippen molar-refractivity contribution in [1.82, 2.24) is 0 Å². The molecule has 2 atom stereocenters. The Labute approximate surface area is 114 Å². The summed E-state index contributed by atoms with van der Waals surface area (Å²) in [6.07, 6.45) is 0.0649. The normalized spacial score (nSPS) is 21.2. The third-order valence-corrected chi connectivity index (χ3v) is 3.63. The molecule has 0 fully saturated rings. The summed E-state index contributed by atoms with van der Waals surface area (Å²) in [5.41, 5.74) is 4.78. The second-order valence-electron chi connectivity index (χ2n) is 5.34. The molecule has 2 aromatic rings. The van der Waals surface area contributed by atoms with E-state index in [2.05, 4.69) is 62.5 Å². The van der Waals surface area contributed by atoms with Crippen LogP contribution in [0.15, 0.2) is 42.5 Å². The minimum atomic E-state index is 0.0649. The van der Waals surface area contributed by atoms with E-state index in [-0.39, 0.29) is 12.1 Å². The van der Waals surface area contributed by atoms with E-state index < -0.39 is 0 Å². The van der Waals surface area contributed by atoms with Crippen LogP contribution in [0.3, 0.4) is 0 Å². The molecule has 0 bridgehead atoms. The highest BCUT2D eigenvalue weighted by molar-refractivity contribution is 5.64. The summed E-state index contributed by atoms with van der Waals surface area (Å²) < 4.78 is 6.25. The van der Waals surface area contributed by atoms with Crippen LogP contribution in [0.2, 0.25) is 0 Å². The Morgan fingerprint density at radius 2 is 1.79 bits per heavy atom. The zero-order valence-electron chi connectivity index (χ0n) is 11.6. The van der Waals surface area contributed by atoms with Gasteiger partial charge in [0.1, 0.15) is 11.9 Å². The third kappa shape index (κ3) is 2.19. The highest BCUT2D eigenvalue weighted by atomic mass is 16.5. The molecule has 1 N–H and O–H groups in total. The maximum atomic E-state index is 6.25. The predicted octanol–water partition coefficient (Wildman–Crippen LogP) is 4.24. The van der Waals surface area contributed by atoms with E-state index in [1.54, 1.807) is 0 Å². The largest absolute Gasteiger partial charge is 0.481 e. The number of ether oxygens (including phenoxy) is 1. The molecule has 98 valence electrons. The first-order valence-corrected chi connectivity index (χ1v) is 6.74. The van der Waals surface area contributed by atoms with E-state index in [4.69, 9.17) is 4.74 Å². The highest BCUT2D eigenvalue weighted by Gasteiger charge is 2.28. The van der Waals surface area contributed by atoms with Gasteiger partial charge in [-0.25, -0.2) is 0 Å². The van der Waals surface area contributed by atoms with Gasteiger partial charge in [0.2, 0.25) is 0 Å². The molecule has 3 rings (SSSR count). The summed E-state index contributed by atoms with van der Waals surface area (Å²) in [6.45, 7) is 6.38. The second kappa shape index (κ2) is 4.61. The molecule has 0 aromatic heterocycles. The SMILES string of the molecule is Cc1cc(C)c2c(c1)NC(C)C(c1ccccc1)O2. The Morgan fingerprint density at radius 3 is 2.53 bits per heavy atom. The standard InChI is InChI=1S/C17H19NO/c1-11-9-12(2)16-15(10-11)18-13(3)17(19-16)14-7-5-4-6-8-14/h4-10,13,17-18H,1-3H3. The topological polar surface area (TPSA) is 21.3 Å². The average Bonchev–Trinajstić information content (AvgIpc) is 2.38. The summed E-state index contributed by atoms with van der Waals surface area (Å²) in [5, 5.41) is 3.57. The number of nitrogens with one attached hydrogen (secondary N) is 1. The van der Waals surface area contributed by atoms with Crippen molar-refractivity contribution in [3.8, 4) is 5.75 Å². The molecule has 0 amide bonds. The van der Waals surface area contributed by atoms with Gasteiger partial charge in [0.15, 0.2) is 0 Å². The van der Waals surface area contributed by atoms with Crippen molar-refractivity contribution >= 4 is 5.69 Å². The van der Waals surface area contributed by atoms with Crippen molar-refractivity contribution in [3.63, 3.8) is 0 Å². The van der Waals surface area contributed by atoms with Gasteiger partial charge < -0.3 is 10.1 Å². The van der Waals surface area contributed by atoms with Crippen molar-refractivity contribution in [2.75, 3.05) is 5.32 Å². The quantitative estimate of drug-likeness (QED) is 0.821. The van der Waals surface area contributed by atoms with Crippen LogP contribution in [0.4, 0.5) is 5.69 Å². The molecular weight excluding hydrogens is 234 g/mol. The number of hydrogen-bond donors (Lipinski definition) is 1. The molecule has 19 heavy (non-hydrogen) atoms. The maximum Gasteiger partial charge on any atom is 0.146 e. The van der Waals surface area contributed by atoms with E-state index >= 15 is 0 Å². The second-order valence-corrected chi connectivity index (χ2v) is 5.34. The monoisotopic (exact) mass is 253 g/mol. The number of aryl methyl sites for hydroxylation is 2. The van der Waals surface area contributed by atoms with E-state index in [0.29, 0.717) is 0 Å². The van der Waals surface area contributed by atoms with Crippen molar-refractivity contribution in [3.05, 3.63) is 59.2 Å². The molecule has 0 saturated heterocycles. The zero-order valence-corrected chi connectivity index (χ0v) is 11.6. The first kappa shape index (κ1) is 12.1. The lowest BCUT2D eigenvalue weighted by Gasteiger charge is -2.34. The van der Waals surface area contributed by atoms with Gasteiger partial charge in [0.05, 0.1) is 11.7 Å². The lowest BCUT2D eigenvalue weighted by Crippen LogP contribution is -2.33. The first-order valence-electron chi connectivity index (χ1n) is 6.74. The summed E-state index contributed by atoms with van der Waals surface area (Å²) >= 11 is 0. The minimum absolute atomic E-state index is 0.0649. The van der Waals surface area contributed by atoms with E-state index in [0.717, 1.165) is 11.4 Å². The Morgan fingerprint density at radius 1 is 1.05 bits per heavy atom. The molecule has 2 aromatic carbocycles.